The van der Waals surface area contributed by atoms with Crippen molar-refractivity contribution in [3.05, 3.63) is 34.5 Å². The highest BCUT2D eigenvalue weighted by atomic mass is 16.5. The maximum Gasteiger partial charge on any atom is 0.326 e. The number of nitrogens with one attached hydrogen (secondary N) is 1. The summed E-state index contributed by atoms with van der Waals surface area (Å²) in [7, 11) is 3.40. The fraction of sp³-hybridized carbons (Fsp3) is 0.471. The van der Waals surface area contributed by atoms with Crippen molar-refractivity contribution in [2.45, 2.75) is 18.3 Å². The van der Waals surface area contributed by atoms with E-state index in [0.717, 1.165) is 29.4 Å². The lowest BCUT2D eigenvalue weighted by atomic mass is 9.80. The second-order valence-corrected chi connectivity index (χ2v) is 6.47. The van der Waals surface area contributed by atoms with Crippen LogP contribution >= 0.6 is 0 Å². The van der Waals surface area contributed by atoms with Crippen molar-refractivity contribution >= 4 is 11.0 Å². The maximum absolute atomic E-state index is 11.7. The van der Waals surface area contributed by atoms with Crippen LogP contribution < -0.4 is 5.69 Å². The van der Waals surface area contributed by atoms with Gasteiger partial charge >= 0.3 is 5.69 Å². The van der Waals surface area contributed by atoms with E-state index in [4.69, 9.17) is 14.0 Å². The highest BCUT2D eigenvalue weighted by molar-refractivity contribution is 5.80. The summed E-state index contributed by atoms with van der Waals surface area (Å²) in [6.45, 7) is 1.84. The Morgan fingerprint density at radius 3 is 2.92 bits per heavy atom. The molecule has 0 unspecified atom stereocenters. The number of benzene rings is 1. The molecule has 1 N–H and O–H groups in total. The highest BCUT2D eigenvalue weighted by Crippen LogP contribution is 2.34. The second-order valence-electron chi connectivity index (χ2n) is 6.47. The Morgan fingerprint density at radius 1 is 1.36 bits per heavy atom. The zero-order valence-electron chi connectivity index (χ0n) is 14.2. The minimum Gasteiger partial charge on any atom is -0.384 e. The van der Waals surface area contributed by atoms with Gasteiger partial charge in [-0.2, -0.15) is 4.98 Å². The van der Waals surface area contributed by atoms with E-state index in [1.165, 1.54) is 0 Å². The number of methoxy groups -OCH3 is 1. The molecule has 0 bridgehead atoms. The Bertz CT molecular complexity index is 944. The van der Waals surface area contributed by atoms with Crippen molar-refractivity contribution in [1.29, 1.82) is 0 Å². The predicted octanol–water partition coefficient (Wildman–Crippen LogP) is 1.61. The molecule has 8 heteroatoms. The largest absolute Gasteiger partial charge is 0.384 e. The lowest BCUT2D eigenvalue weighted by Crippen LogP contribution is -2.39. The van der Waals surface area contributed by atoms with Gasteiger partial charge in [-0.05, 0) is 31.0 Å². The van der Waals surface area contributed by atoms with Crippen LogP contribution in [-0.2, 0) is 21.9 Å². The molecule has 1 aliphatic heterocycles. The molecular weight excluding hydrogens is 324 g/mol. The van der Waals surface area contributed by atoms with Crippen molar-refractivity contribution in [3.63, 3.8) is 0 Å². The quantitative estimate of drug-likeness (QED) is 0.773. The molecule has 4 rings (SSSR count). The zero-order chi connectivity index (χ0) is 17.4. The number of rotatable bonds is 4. The van der Waals surface area contributed by atoms with E-state index in [1.54, 1.807) is 18.7 Å². The number of aryl methyl sites for hydroxylation is 1. The monoisotopic (exact) mass is 344 g/mol. The van der Waals surface area contributed by atoms with Crippen LogP contribution in [0.5, 0.6) is 0 Å². The molecule has 0 radical (unpaired) electrons. The third-order valence-corrected chi connectivity index (χ3v) is 4.92. The molecule has 1 aliphatic rings. The zero-order valence-corrected chi connectivity index (χ0v) is 14.2. The molecule has 1 saturated heterocycles. The smallest absolute Gasteiger partial charge is 0.326 e. The van der Waals surface area contributed by atoms with E-state index >= 15 is 0 Å². The number of fused-ring (bicyclic) bond motifs is 1. The topological polar surface area (TPSA) is 95.2 Å². The molecule has 3 heterocycles. The van der Waals surface area contributed by atoms with E-state index < -0.39 is 0 Å². The van der Waals surface area contributed by atoms with Crippen LogP contribution in [0.25, 0.3) is 22.5 Å². The Balaban J connectivity index is 1.73. The van der Waals surface area contributed by atoms with E-state index in [2.05, 4.69) is 15.1 Å². The van der Waals surface area contributed by atoms with Gasteiger partial charge in [-0.3, -0.25) is 4.57 Å². The van der Waals surface area contributed by atoms with Crippen molar-refractivity contribution in [1.82, 2.24) is 19.7 Å². The molecule has 0 saturated carbocycles. The van der Waals surface area contributed by atoms with Gasteiger partial charge in [-0.25, -0.2) is 4.79 Å². The fourth-order valence-electron chi connectivity index (χ4n) is 3.38. The minimum atomic E-state index is -0.278. The predicted molar refractivity (Wildman–Crippen MR) is 90.4 cm³/mol. The molecule has 0 atom stereocenters. The number of aromatic nitrogens is 4. The molecule has 0 amide bonds. The van der Waals surface area contributed by atoms with E-state index in [-0.39, 0.29) is 11.1 Å². The molecule has 25 heavy (non-hydrogen) atoms. The van der Waals surface area contributed by atoms with Gasteiger partial charge in [0.25, 0.3) is 5.89 Å². The molecule has 0 aliphatic carbocycles. The van der Waals surface area contributed by atoms with Gasteiger partial charge in [0.15, 0.2) is 5.82 Å². The standard InChI is InChI=1S/C17H20N4O4/c1-21-13-9-11(3-4-12(13)18-16(21)22)14-19-15(20-25-14)17(10-23-2)5-7-24-8-6-17/h3-4,9H,5-8,10H2,1-2H3,(H,18,22). The molecule has 1 fully saturated rings. The van der Waals surface area contributed by atoms with Crippen LogP contribution in [0.3, 0.4) is 0 Å². The Morgan fingerprint density at radius 2 is 2.16 bits per heavy atom. The minimum absolute atomic E-state index is 0.153. The first-order chi connectivity index (χ1) is 12.1. The average molecular weight is 344 g/mol. The van der Waals surface area contributed by atoms with Crippen LogP contribution in [0, 0.1) is 0 Å². The summed E-state index contributed by atoms with van der Waals surface area (Å²) in [6, 6.07) is 5.58. The number of H-pyrrole nitrogens is 1. The first-order valence-corrected chi connectivity index (χ1v) is 8.23. The van der Waals surface area contributed by atoms with Crippen LogP contribution in [0.4, 0.5) is 0 Å². The summed E-state index contributed by atoms with van der Waals surface area (Å²) in [4.78, 5) is 19.2. The first kappa shape index (κ1) is 16.0. The van der Waals surface area contributed by atoms with Gasteiger partial charge in [0.1, 0.15) is 0 Å². The molecular formula is C17H20N4O4. The number of imidazole rings is 1. The Kier molecular flexibility index (Phi) is 3.93. The van der Waals surface area contributed by atoms with Gasteiger partial charge in [-0.1, -0.05) is 5.16 Å². The lowest BCUT2D eigenvalue weighted by molar-refractivity contribution is 0.00915. The molecule has 8 nitrogen and oxygen atoms in total. The van der Waals surface area contributed by atoms with Gasteiger partial charge < -0.3 is 19.0 Å². The third-order valence-electron chi connectivity index (χ3n) is 4.92. The number of hydrogen-bond acceptors (Lipinski definition) is 6. The fourth-order valence-corrected chi connectivity index (χ4v) is 3.38. The van der Waals surface area contributed by atoms with Crippen molar-refractivity contribution in [2.24, 2.45) is 7.05 Å². The number of hydrogen-bond donors (Lipinski definition) is 1. The molecule has 2 aromatic heterocycles. The molecule has 132 valence electrons. The Hall–Kier alpha value is -2.45. The molecule has 1 aromatic carbocycles. The highest BCUT2D eigenvalue weighted by Gasteiger charge is 2.39. The summed E-state index contributed by atoms with van der Waals surface area (Å²) >= 11 is 0. The number of nitrogens with zero attached hydrogens (tertiary/aromatic N) is 3. The van der Waals surface area contributed by atoms with Gasteiger partial charge in [0.2, 0.25) is 0 Å². The summed E-state index contributed by atoms with van der Waals surface area (Å²) in [5, 5.41) is 4.22. The van der Waals surface area contributed by atoms with Gasteiger partial charge in [0, 0.05) is 32.9 Å². The number of aromatic amines is 1. The van der Waals surface area contributed by atoms with E-state index in [1.807, 2.05) is 18.2 Å². The van der Waals surface area contributed by atoms with Crippen LogP contribution in [0.1, 0.15) is 18.7 Å². The number of ether oxygens (including phenoxy) is 2. The van der Waals surface area contributed by atoms with E-state index in [0.29, 0.717) is 31.5 Å². The summed E-state index contributed by atoms with van der Waals surface area (Å²) in [6.07, 6.45) is 1.59. The Labute approximate surface area is 143 Å². The average Bonchev–Trinajstić information content (AvgIpc) is 3.22. The van der Waals surface area contributed by atoms with Crippen molar-refractivity contribution < 1.29 is 14.0 Å². The molecule has 0 spiro atoms. The molecule has 3 aromatic rings. The summed E-state index contributed by atoms with van der Waals surface area (Å²) in [5.74, 6) is 1.09. The van der Waals surface area contributed by atoms with Crippen molar-refractivity contribution in [2.75, 3.05) is 26.9 Å². The van der Waals surface area contributed by atoms with Crippen molar-refractivity contribution in [3.8, 4) is 11.5 Å². The lowest BCUT2D eigenvalue weighted by Gasteiger charge is -2.33. The summed E-state index contributed by atoms with van der Waals surface area (Å²) < 4.78 is 18.0. The van der Waals surface area contributed by atoms with Crippen LogP contribution in [-0.4, -0.2) is 46.6 Å². The van der Waals surface area contributed by atoms with Crippen LogP contribution in [0.2, 0.25) is 0 Å². The summed E-state index contributed by atoms with van der Waals surface area (Å²) in [5.41, 5.74) is 1.91. The normalized spacial score (nSPS) is 17.2. The third kappa shape index (κ3) is 2.67. The van der Waals surface area contributed by atoms with Gasteiger partial charge in [-0.15, -0.1) is 0 Å². The van der Waals surface area contributed by atoms with Crippen LogP contribution in [0.15, 0.2) is 27.5 Å². The maximum atomic E-state index is 11.7. The SMILES string of the molecule is COCC1(c2noc(-c3ccc4[nH]c(=O)n(C)c4c3)n2)CCOCC1. The second kappa shape index (κ2) is 6.12. The first-order valence-electron chi connectivity index (χ1n) is 8.23. The van der Waals surface area contributed by atoms with Gasteiger partial charge in [0.05, 0.1) is 23.1 Å². The van der Waals surface area contributed by atoms with E-state index in [9.17, 15) is 4.79 Å².